The van der Waals surface area contributed by atoms with Crippen molar-refractivity contribution in [1.29, 1.82) is 0 Å². The Bertz CT molecular complexity index is 953. The monoisotopic (exact) mass is 302 g/mol. The number of aromatic nitrogens is 2. The molecule has 0 amide bonds. The second-order valence-electron chi connectivity index (χ2n) is 5.17. The Balaban J connectivity index is 1.88. The first-order valence-electron chi connectivity index (χ1n) is 7.30. The number of ether oxygens (including phenoxy) is 1. The van der Waals surface area contributed by atoms with E-state index in [9.17, 15) is 0 Å². The number of para-hydroxylation sites is 1. The van der Waals surface area contributed by atoms with Gasteiger partial charge in [-0.1, -0.05) is 35.5 Å². The predicted molar refractivity (Wildman–Crippen MR) is 89.2 cm³/mol. The molecule has 0 N–H and O–H groups in total. The molecule has 2 aromatic heterocycles. The van der Waals surface area contributed by atoms with Gasteiger partial charge in [0, 0.05) is 22.7 Å². The van der Waals surface area contributed by atoms with Gasteiger partial charge in [0.25, 0.3) is 0 Å². The molecule has 112 valence electrons. The largest absolute Gasteiger partial charge is 0.497 e. The molecule has 4 nitrogen and oxygen atoms in total. The molecule has 0 atom stereocenters. The number of hydrogen-bond acceptors (Lipinski definition) is 4. The van der Waals surface area contributed by atoms with Gasteiger partial charge < -0.3 is 9.26 Å². The summed E-state index contributed by atoms with van der Waals surface area (Å²) >= 11 is 0. The fourth-order valence-electron chi connectivity index (χ4n) is 2.70. The Morgan fingerprint density at radius 1 is 0.913 bits per heavy atom. The summed E-state index contributed by atoms with van der Waals surface area (Å²) < 4.78 is 10.8. The minimum atomic E-state index is 0.744. The second kappa shape index (κ2) is 5.57. The zero-order valence-electron chi connectivity index (χ0n) is 12.6. The first-order chi connectivity index (χ1) is 11.4. The third-order valence-corrected chi connectivity index (χ3v) is 3.87. The third kappa shape index (κ3) is 2.34. The topological polar surface area (TPSA) is 48.2 Å². The summed E-state index contributed by atoms with van der Waals surface area (Å²) in [7, 11) is 1.66. The van der Waals surface area contributed by atoms with Crippen LogP contribution in [0, 0.1) is 0 Å². The number of benzene rings is 2. The zero-order valence-corrected chi connectivity index (χ0v) is 12.6. The fraction of sp³-hybridized carbons (Fsp3) is 0.0526. The van der Waals surface area contributed by atoms with Gasteiger partial charge in [0.05, 0.1) is 18.8 Å². The smallest absolute Gasteiger partial charge is 0.175 e. The van der Waals surface area contributed by atoms with E-state index < -0.39 is 0 Å². The van der Waals surface area contributed by atoms with Gasteiger partial charge in [-0.3, -0.25) is 4.98 Å². The first-order valence-corrected chi connectivity index (χ1v) is 7.30. The molecule has 4 heteroatoms. The van der Waals surface area contributed by atoms with Crippen LogP contribution < -0.4 is 4.74 Å². The minimum Gasteiger partial charge on any atom is -0.497 e. The lowest BCUT2D eigenvalue weighted by molar-refractivity contribution is 0.415. The van der Waals surface area contributed by atoms with Gasteiger partial charge >= 0.3 is 0 Å². The molecule has 0 saturated carbocycles. The van der Waals surface area contributed by atoms with E-state index in [0.29, 0.717) is 0 Å². The SMILES string of the molecule is COc1ccc(-c2cnoc2-c2ccnc3ccccc23)cc1. The van der Waals surface area contributed by atoms with Gasteiger partial charge in [-0.25, -0.2) is 0 Å². The molecule has 0 bridgehead atoms. The summed E-state index contributed by atoms with van der Waals surface area (Å²) in [5.74, 6) is 1.56. The number of fused-ring (bicyclic) bond motifs is 1. The highest BCUT2D eigenvalue weighted by Crippen LogP contribution is 2.35. The van der Waals surface area contributed by atoms with Crippen molar-refractivity contribution in [2.75, 3.05) is 7.11 Å². The van der Waals surface area contributed by atoms with E-state index in [1.807, 2.05) is 54.6 Å². The van der Waals surface area contributed by atoms with Crippen molar-refractivity contribution in [1.82, 2.24) is 10.1 Å². The summed E-state index contributed by atoms with van der Waals surface area (Å²) in [5.41, 5.74) is 3.90. The Morgan fingerprint density at radius 3 is 2.57 bits per heavy atom. The summed E-state index contributed by atoms with van der Waals surface area (Å²) in [6.07, 6.45) is 3.53. The highest BCUT2D eigenvalue weighted by atomic mass is 16.5. The summed E-state index contributed by atoms with van der Waals surface area (Å²) in [6.45, 7) is 0. The van der Waals surface area contributed by atoms with Crippen LogP contribution in [0.15, 0.2) is 71.5 Å². The van der Waals surface area contributed by atoms with E-state index in [-0.39, 0.29) is 0 Å². The van der Waals surface area contributed by atoms with Crippen LogP contribution in [0.25, 0.3) is 33.4 Å². The van der Waals surface area contributed by atoms with Crippen molar-refractivity contribution < 1.29 is 9.26 Å². The fourth-order valence-corrected chi connectivity index (χ4v) is 2.70. The van der Waals surface area contributed by atoms with Crippen LogP contribution in [0.5, 0.6) is 5.75 Å². The lowest BCUT2D eigenvalue weighted by Gasteiger charge is -2.06. The van der Waals surface area contributed by atoms with E-state index in [4.69, 9.17) is 9.26 Å². The van der Waals surface area contributed by atoms with E-state index in [2.05, 4.69) is 10.1 Å². The van der Waals surface area contributed by atoms with Crippen molar-refractivity contribution in [3.8, 4) is 28.2 Å². The van der Waals surface area contributed by atoms with Gasteiger partial charge in [0.2, 0.25) is 0 Å². The lowest BCUT2D eigenvalue weighted by Crippen LogP contribution is -1.86. The molecule has 0 aliphatic carbocycles. The molecular formula is C19H14N2O2. The average molecular weight is 302 g/mol. The second-order valence-corrected chi connectivity index (χ2v) is 5.17. The number of methoxy groups -OCH3 is 1. The Morgan fingerprint density at radius 2 is 1.74 bits per heavy atom. The maximum absolute atomic E-state index is 5.56. The van der Waals surface area contributed by atoms with Gasteiger partial charge in [-0.15, -0.1) is 0 Å². The zero-order chi connectivity index (χ0) is 15.6. The van der Waals surface area contributed by atoms with Gasteiger partial charge in [0.15, 0.2) is 5.76 Å². The number of pyridine rings is 1. The molecule has 2 heterocycles. The van der Waals surface area contributed by atoms with Crippen LogP contribution in [-0.4, -0.2) is 17.3 Å². The van der Waals surface area contributed by atoms with E-state index in [0.717, 1.165) is 39.1 Å². The summed E-state index contributed by atoms with van der Waals surface area (Å²) in [5, 5.41) is 5.04. The van der Waals surface area contributed by atoms with E-state index in [1.54, 1.807) is 19.5 Å². The van der Waals surface area contributed by atoms with Crippen molar-refractivity contribution in [2.24, 2.45) is 0 Å². The number of hydrogen-bond donors (Lipinski definition) is 0. The molecule has 23 heavy (non-hydrogen) atoms. The van der Waals surface area contributed by atoms with Crippen molar-refractivity contribution >= 4 is 10.9 Å². The predicted octanol–water partition coefficient (Wildman–Crippen LogP) is 4.57. The Labute approximate surface area is 133 Å². The van der Waals surface area contributed by atoms with Gasteiger partial charge in [-0.05, 0) is 29.8 Å². The molecule has 0 aliphatic rings. The Kier molecular flexibility index (Phi) is 3.27. The third-order valence-electron chi connectivity index (χ3n) is 3.87. The lowest BCUT2D eigenvalue weighted by atomic mass is 10.00. The molecule has 0 fully saturated rings. The van der Waals surface area contributed by atoms with Crippen LogP contribution in [-0.2, 0) is 0 Å². The van der Waals surface area contributed by atoms with Crippen molar-refractivity contribution in [2.45, 2.75) is 0 Å². The molecule has 0 saturated heterocycles. The average Bonchev–Trinajstić information content (AvgIpc) is 3.11. The first kappa shape index (κ1) is 13.5. The molecule has 0 radical (unpaired) electrons. The van der Waals surface area contributed by atoms with Crippen LogP contribution in [0.4, 0.5) is 0 Å². The van der Waals surface area contributed by atoms with Gasteiger partial charge in [0.1, 0.15) is 5.75 Å². The molecule has 0 unspecified atom stereocenters. The van der Waals surface area contributed by atoms with Crippen LogP contribution in [0.3, 0.4) is 0 Å². The summed E-state index contributed by atoms with van der Waals surface area (Å²) in [6, 6.07) is 17.8. The van der Waals surface area contributed by atoms with Crippen molar-refractivity contribution in [3.63, 3.8) is 0 Å². The molecule has 0 aliphatic heterocycles. The quantitative estimate of drug-likeness (QED) is 0.556. The summed E-state index contributed by atoms with van der Waals surface area (Å²) in [4.78, 5) is 4.40. The standard InChI is InChI=1S/C19H14N2O2/c1-22-14-8-6-13(7-9-14)17-12-21-23-19(17)16-10-11-20-18-5-3-2-4-15(16)18/h2-12H,1H3. The number of rotatable bonds is 3. The van der Waals surface area contributed by atoms with E-state index >= 15 is 0 Å². The minimum absolute atomic E-state index is 0.744. The normalized spacial score (nSPS) is 10.8. The van der Waals surface area contributed by atoms with Crippen LogP contribution in [0.1, 0.15) is 0 Å². The molecule has 4 aromatic rings. The molecule has 2 aromatic carbocycles. The molecule has 4 rings (SSSR count). The molecular weight excluding hydrogens is 288 g/mol. The van der Waals surface area contributed by atoms with Crippen LogP contribution >= 0.6 is 0 Å². The van der Waals surface area contributed by atoms with Crippen molar-refractivity contribution in [3.05, 3.63) is 67.0 Å². The Hall–Kier alpha value is -3.14. The highest BCUT2D eigenvalue weighted by Gasteiger charge is 2.15. The van der Waals surface area contributed by atoms with E-state index in [1.165, 1.54) is 0 Å². The maximum atomic E-state index is 5.56. The highest BCUT2D eigenvalue weighted by molar-refractivity contribution is 5.96. The van der Waals surface area contributed by atoms with Gasteiger partial charge in [-0.2, -0.15) is 0 Å². The van der Waals surface area contributed by atoms with Crippen LogP contribution in [0.2, 0.25) is 0 Å². The number of nitrogens with zero attached hydrogens (tertiary/aromatic N) is 2. The molecule has 0 spiro atoms. The maximum Gasteiger partial charge on any atom is 0.175 e.